The van der Waals surface area contributed by atoms with Crippen molar-refractivity contribution in [2.24, 2.45) is 16.3 Å². The molecule has 1 saturated carbocycles. The second kappa shape index (κ2) is 7.59. The van der Waals surface area contributed by atoms with E-state index in [9.17, 15) is 19.2 Å². The third-order valence-corrected chi connectivity index (χ3v) is 4.13. The number of benzene rings is 1. The summed E-state index contributed by atoms with van der Waals surface area (Å²) in [5.74, 6) is -2.57. The van der Waals surface area contributed by atoms with E-state index in [1.165, 1.54) is 38.6 Å². The van der Waals surface area contributed by atoms with Crippen molar-refractivity contribution >= 4 is 35.4 Å². The first kappa shape index (κ1) is 19.5. The maximum atomic E-state index is 12.2. The Morgan fingerprint density at radius 1 is 1.00 bits per heavy atom. The summed E-state index contributed by atoms with van der Waals surface area (Å²) in [5.41, 5.74) is 0.134. The van der Waals surface area contributed by atoms with Crippen molar-refractivity contribution in [1.29, 1.82) is 0 Å². The number of esters is 2. The summed E-state index contributed by atoms with van der Waals surface area (Å²) >= 11 is 0. The van der Waals surface area contributed by atoms with Gasteiger partial charge < -0.3 is 9.47 Å². The number of methoxy groups -OCH3 is 2. The Hall–Kier alpha value is -2.83. The van der Waals surface area contributed by atoms with Crippen LogP contribution in [0.5, 0.6) is 0 Å². The first-order chi connectivity index (χ1) is 12.2. The van der Waals surface area contributed by atoms with E-state index in [1.54, 1.807) is 0 Å². The highest BCUT2D eigenvalue weighted by Gasteiger charge is 2.38. The van der Waals surface area contributed by atoms with Crippen LogP contribution in [0.4, 0.5) is 5.69 Å². The number of carbonyl (C=O) groups is 4. The number of ether oxygens (including phenoxy) is 2. The van der Waals surface area contributed by atoms with Gasteiger partial charge in [0.1, 0.15) is 17.5 Å². The van der Waals surface area contributed by atoms with Crippen LogP contribution >= 0.6 is 0 Å². The van der Waals surface area contributed by atoms with Crippen molar-refractivity contribution in [3.8, 4) is 0 Å². The Morgan fingerprint density at radius 3 is 1.88 bits per heavy atom. The summed E-state index contributed by atoms with van der Waals surface area (Å²) in [6, 6.07) is 4.16. The van der Waals surface area contributed by atoms with Gasteiger partial charge in [0.15, 0.2) is 0 Å². The molecule has 26 heavy (non-hydrogen) atoms. The lowest BCUT2D eigenvalue weighted by molar-refractivity contribution is -0.136. The van der Waals surface area contributed by atoms with Crippen LogP contribution in [0.25, 0.3) is 0 Å². The second-order valence-corrected chi connectivity index (χ2v) is 6.96. The quantitative estimate of drug-likeness (QED) is 0.465. The van der Waals surface area contributed by atoms with Gasteiger partial charge in [-0.1, -0.05) is 13.8 Å². The summed E-state index contributed by atoms with van der Waals surface area (Å²) in [5, 5.41) is 0. The highest BCUT2D eigenvalue weighted by Crippen LogP contribution is 2.33. The van der Waals surface area contributed by atoms with Gasteiger partial charge in [0, 0.05) is 19.1 Å². The Labute approximate surface area is 151 Å². The van der Waals surface area contributed by atoms with E-state index in [1.807, 2.05) is 13.8 Å². The van der Waals surface area contributed by atoms with Crippen molar-refractivity contribution in [1.82, 2.24) is 0 Å². The standard InChI is InChI=1S/C19H21NO6/c1-19(2)8-15(21)14(16(22)9-19)10-20-13-6-11(17(23)25-3)5-12(7-13)18(24)26-4/h5-7,10,14H,8-9H2,1-4H3. The summed E-state index contributed by atoms with van der Waals surface area (Å²) in [7, 11) is 2.44. The fourth-order valence-corrected chi connectivity index (χ4v) is 2.89. The molecule has 0 saturated heterocycles. The molecule has 138 valence electrons. The van der Waals surface area contributed by atoms with Crippen LogP contribution in [0.1, 0.15) is 47.4 Å². The number of hydrogen-bond acceptors (Lipinski definition) is 7. The van der Waals surface area contributed by atoms with E-state index in [0.29, 0.717) is 12.8 Å². The molecule has 1 aromatic rings. The van der Waals surface area contributed by atoms with E-state index < -0.39 is 17.9 Å². The van der Waals surface area contributed by atoms with Gasteiger partial charge in [0.25, 0.3) is 0 Å². The second-order valence-electron chi connectivity index (χ2n) is 6.96. The smallest absolute Gasteiger partial charge is 0.337 e. The van der Waals surface area contributed by atoms with E-state index in [-0.39, 0.29) is 33.8 Å². The van der Waals surface area contributed by atoms with Crippen molar-refractivity contribution in [3.63, 3.8) is 0 Å². The molecular weight excluding hydrogens is 338 g/mol. The first-order valence-corrected chi connectivity index (χ1v) is 8.08. The minimum atomic E-state index is -0.911. The molecule has 0 heterocycles. The molecule has 7 nitrogen and oxygen atoms in total. The predicted octanol–water partition coefficient (Wildman–Crippen LogP) is 2.54. The SMILES string of the molecule is COC(=O)c1cc(N=CC2C(=O)CC(C)(C)CC2=O)cc(C(=O)OC)c1. The van der Waals surface area contributed by atoms with E-state index in [2.05, 4.69) is 14.5 Å². The summed E-state index contributed by atoms with van der Waals surface area (Å²) in [6.07, 6.45) is 1.87. The summed E-state index contributed by atoms with van der Waals surface area (Å²) < 4.78 is 9.32. The monoisotopic (exact) mass is 359 g/mol. The van der Waals surface area contributed by atoms with Gasteiger partial charge in [0.05, 0.1) is 31.0 Å². The molecule has 2 rings (SSSR count). The average Bonchev–Trinajstić information content (AvgIpc) is 2.58. The number of Topliss-reactive ketones (excluding diaryl/α,β-unsaturated/α-hetero) is 2. The first-order valence-electron chi connectivity index (χ1n) is 8.08. The maximum absolute atomic E-state index is 12.2. The minimum Gasteiger partial charge on any atom is -0.465 e. The molecule has 0 radical (unpaired) electrons. The van der Waals surface area contributed by atoms with Gasteiger partial charge in [-0.3, -0.25) is 14.6 Å². The highest BCUT2D eigenvalue weighted by molar-refractivity contribution is 6.16. The third-order valence-electron chi connectivity index (χ3n) is 4.13. The summed E-state index contributed by atoms with van der Waals surface area (Å²) in [6.45, 7) is 3.75. The molecule has 0 aliphatic heterocycles. The number of aliphatic imine (C=N–C) groups is 1. The molecule has 1 aliphatic carbocycles. The van der Waals surface area contributed by atoms with Crippen LogP contribution < -0.4 is 0 Å². The normalized spacial score (nSPS) is 17.4. The van der Waals surface area contributed by atoms with Crippen LogP contribution in [0.3, 0.4) is 0 Å². The Morgan fingerprint density at radius 2 is 1.46 bits per heavy atom. The van der Waals surface area contributed by atoms with Gasteiger partial charge in [-0.2, -0.15) is 0 Å². The van der Waals surface area contributed by atoms with Gasteiger partial charge in [-0.15, -0.1) is 0 Å². The van der Waals surface area contributed by atoms with Crippen LogP contribution in [0.15, 0.2) is 23.2 Å². The van der Waals surface area contributed by atoms with Crippen molar-refractivity contribution < 1.29 is 28.7 Å². The number of rotatable bonds is 4. The maximum Gasteiger partial charge on any atom is 0.337 e. The highest BCUT2D eigenvalue weighted by atomic mass is 16.5. The van der Waals surface area contributed by atoms with E-state index >= 15 is 0 Å². The Balaban J connectivity index is 2.34. The number of hydrogen-bond donors (Lipinski definition) is 0. The molecule has 0 amide bonds. The zero-order chi connectivity index (χ0) is 19.5. The van der Waals surface area contributed by atoms with E-state index in [0.717, 1.165) is 0 Å². The molecule has 7 heteroatoms. The summed E-state index contributed by atoms with van der Waals surface area (Å²) in [4.78, 5) is 52.2. The molecule has 0 N–H and O–H groups in total. The molecule has 0 aromatic heterocycles. The fraction of sp³-hybridized carbons (Fsp3) is 0.421. The van der Waals surface area contributed by atoms with E-state index in [4.69, 9.17) is 0 Å². The molecule has 0 spiro atoms. The largest absolute Gasteiger partial charge is 0.465 e. The predicted molar refractivity (Wildman–Crippen MR) is 93.8 cm³/mol. The third kappa shape index (κ3) is 4.41. The molecule has 0 unspecified atom stereocenters. The van der Waals surface area contributed by atoms with Gasteiger partial charge in [-0.25, -0.2) is 9.59 Å². The minimum absolute atomic E-state index is 0.116. The van der Waals surface area contributed by atoms with Gasteiger partial charge >= 0.3 is 11.9 Å². The molecule has 1 aliphatic rings. The molecule has 0 atom stereocenters. The van der Waals surface area contributed by atoms with Crippen LogP contribution in [-0.2, 0) is 19.1 Å². The number of carbonyl (C=O) groups excluding carboxylic acids is 4. The lowest BCUT2D eigenvalue weighted by Crippen LogP contribution is -2.38. The number of ketones is 2. The molecule has 1 fully saturated rings. The molecular formula is C19H21NO6. The van der Waals surface area contributed by atoms with Crippen LogP contribution in [-0.4, -0.2) is 43.9 Å². The topological polar surface area (TPSA) is 99.1 Å². The number of nitrogens with zero attached hydrogens (tertiary/aromatic N) is 1. The van der Waals surface area contributed by atoms with Crippen molar-refractivity contribution in [2.75, 3.05) is 14.2 Å². The van der Waals surface area contributed by atoms with Crippen LogP contribution in [0, 0.1) is 11.3 Å². The Kier molecular flexibility index (Phi) is 5.69. The lowest BCUT2D eigenvalue weighted by Gasteiger charge is -2.30. The molecule has 1 aromatic carbocycles. The Bertz CT molecular complexity index is 739. The zero-order valence-corrected chi connectivity index (χ0v) is 15.2. The zero-order valence-electron chi connectivity index (χ0n) is 15.2. The van der Waals surface area contributed by atoms with Crippen molar-refractivity contribution in [2.45, 2.75) is 26.7 Å². The van der Waals surface area contributed by atoms with Gasteiger partial charge in [-0.05, 0) is 23.6 Å². The van der Waals surface area contributed by atoms with Crippen molar-refractivity contribution in [3.05, 3.63) is 29.3 Å². The van der Waals surface area contributed by atoms with Crippen LogP contribution in [0.2, 0.25) is 0 Å². The molecule has 0 bridgehead atoms. The lowest BCUT2D eigenvalue weighted by atomic mass is 9.72. The average molecular weight is 359 g/mol. The van der Waals surface area contributed by atoms with Gasteiger partial charge in [0.2, 0.25) is 0 Å². The fourth-order valence-electron chi connectivity index (χ4n) is 2.89.